The molecule has 26 heavy (non-hydrogen) atoms. The van der Waals surface area contributed by atoms with Gasteiger partial charge >= 0.3 is 5.97 Å². The van der Waals surface area contributed by atoms with E-state index in [0.29, 0.717) is 16.6 Å². The Morgan fingerprint density at radius 1 is 1.15 bits per heavy atom. The fourth-order valence-electron chi connectivity index (χ4n) is 5.67. The highest BCUT2D eigenvalue weighted by Gasteiger charge is 2.78. The Kier molecular flexibility index (Phi) is 5.33. The van der Waals surface area contributed by atoms with E-state index >= 15 is 0 Å². The van der Waals surface area contributed by atoms with Crippen LogP contribution in [-0.2, 0) is 18.8 Å². The molecule has 1 saturated carbocycles. The molecule has 1 spiro atoms. The number of esters is 1. The Hall–Kier alpha value is -0.143. The van der Waals surface area contributed by atoms with E-state index in [2.05, 4.69) is 41.5 Å². The van der Waals surface area contributed by atoms with Crippen molar-refractivity contribution < 1.29 is 18.8 Å². The van der Waals surface area contributed by atoms with Crippen molar-refractivity contribution in [3.05, 3.63) is 0 Å². The van der Waals surface area contributed by atoms with E-state index in [1.54, 1.807) is 0 Å². The van der Waals surface area contributed by atoms with Gasteiger partial charge < -0.3 is 9.16 Å². The molecule has 150 valence electrons. The van der Waals surface area contributed by atoms with Gasteiger partial charge in [0, 0.05) is 6.54 Å². The maximum absolute atomic E-state index is 12.7. The lowest BCUT2D eigenvalue weighted by molar-refractivity contribution is -0.164. The van der Waals surface area contributed by atoms with Crippen molar-refractivity contribution >= 4 is 25.9 Å². The number of fused-ring (bicyclic) bond motifs is 1. The minimum atomic E-state index is -2.08. The molecule has 3 aliphatic rings. The van der Waals surface area contributed by atoms with Crippen molar-refractivity contribution in [2.24, 2.45) is 0 Å². The maximum Gasteiger partial charge on any atom is 0.331 e. The number of methoxy groups -OCH3 is 1. The standard InChI is InChI=1S/C19H34ClNO4Si/c1-12(2)26(13(3)4,14(5)6)24-15-8-11-21-16(15)19(20,17(22)23-7)18(25-21)9-10-18/h12-16H,8-11H2,1-7H3/t15-,16-,19+/m0/s1. The molecule has 3 fully saturated rings. The summed E-state index contributed by atoms with van der Waals surface area (Å²) in [5.74, 6) is -0.384. The van der Waals surface area contributed by atoms with Gasteiger partial charge in [-0.3, -0.25) is 4.84 Å². The minimum Gasteiger partial charge on any atom is -0.468 e. The zero-order valence-corrected chi connectivity index (χ0v) is 18.9. The molecule has 0 aromatic heterocycles. The molecule has 1 aliphatic carbocycles. The number of carbonyl (C=O) groups excluding carboxylic acids is 1. The van der Waals surface area contributed by atoms with Crippen LogP contribution in [0.3, 0.4) is 0 Å². The third-order valence-corrected chi connectivity index (χ3v) is 13.8. The third-order valence-electron chi connectivity index (χ3n) is 6.91. The molecule has 7 heteroatoms. The number of alkyl halides is 1. The molecule has 0 bridgehead atoms. The topological polar surface area (TPSA) is 48.0 Å². The van der Waals surface area contributed by atoms with E-state index in [-0.39, 0.29) is 18.1 Å². The Balaban J connectivity index is 1.95. The lowest BCUT2D eigenvalue weighted by Crippen LogP contribution is -2.59. The third kappa shape index (κ3) is 2.63. The number of hydroxylamine groups is 2. The summed E-state index contributed by atoms with van der Waals surface area (Å²) in [6.45, 7) is 14.4. The van der Waals surface area contributed by atoms with Crippen LogP contribution in [0.2, 0.25) is 16.6 Å². The molecule has 0 N–H and O–H groups in total. The highest BCUT2D eigenvalue weighted by molar-refractivity contribution is 6.77. The van der Waals surface area contributed by atoms with E-state index < -0.39 is 18.8 Å². The summed E-state index contributed by atoms with van der Waals surface area (Å²) >= 11 is 7.03. The van der Waals surface area contributed by atoms with Crippen molar-refractivity contribution in [1.82, 2.24) is 5.06 Å². The first-order valence-electron chi connectivity index (χ1n) is 9.97. The number of hydrogen-bond donors (Lipinski definition) is 0. The molecule has 3 rings (SSSR count). The second-order valence-corrected chi connectivity index (χ2v) is 15.1. The van der Waals surface area contributed by atoms with E-state index in [4.69, 9.17) is 25.6 Å². The molecule has 0 aromatic rings. The van der Waals surface area contributed by atoms with Gasteiger partial charge in [-0.15, -0.1) is 11.6 Å². The minimum absolute atomic E-state index is 0.0922. The molecule has 0 radical (unpaired) electrons. The number of halogens is 1. The van der Waals surface area contributed by atoms with Crippen LogP contribution in [0.4, 0.5) is 0 Å². The predicted molar refractivity (Wildman–Crippen MR) is 105 cm³/mol. The average Bonchev–Trinajstić information content (AvgIpc) is 3.17. The summed E-state index contributed by atoms with van der Waals surface area (Å²) in [5, 5.41) is 1.92. The fraction of sp³-hybridized carbons (Fsp3) is 0.947. The normalized spacial score (nSPS) is 33.5. The quantitative estimate of drug-likeness (QED) is 0.377. The van der Waals surface area contributed by atoms with Crippen molar-refractivity contribution in [1.29, 1.82) is 0 Å². The van der Waals surface area contributed by atoms with Crippen molar-refractivity contribution in [2.45, 2.75) is 100 Å². The fourth-order valence-corrected chi connectivity index (χ4v) is 11.8. The van der Waals surface area contributed by atoms with Crippen molar-refractivity contribution in [3.63, 3.8) is 0 Å². The molecule has 3 atom stereocenters. The summed E-state index contributed by atoms with van der Waals surface area (Å²) in [6, 6.07) is -0.276. The van der Waals surface area contributed by atoms with Gasteiger partial charge in [0.1, 0.15) is 5.60 Å². The molecular formula is C19H34ClNO4Si. The molecular weight excluding hydrogens is 370 g/mol. The van der Waals surface area contributed by atoms with Gasteiger partial charge in [0.15, 0.2) is 4.87 Å². The Morgan fingerprint density at radius 2 is 1.69 bits per heavy atom. The first kappa shape index (κ1) is 20.6. The Bertz CT molecular complexity index is 544. The molecule has 5 nitrogen and oxygen atoms in total. The van der Waals surface area contributed by atoms with E-state index in [0.717, 1.165) is 25.8 Å². The van der Waals surface area contributed by atoms with Crippen LogP contribution in [0, 0.1) is 0 Å². The van der Waals surface area contributed by atoms with Gasteiger partial charge in [-0.05, 0) is 35.9 Å². The van der Waals surface area contributed by atoms with Crippen LogP contribution in [0.15, 0.2) is 0 Å². The van der Waals surface area contributed by atoms with Gasteiger partial charge in [0.05, 0.1) is 19.3 Å². The molecule has 2 aliphatic heterocycles. The highest BCUT2D eigenvalue weighted by Crippen LogP contribution is 2.62. The van der Waals surface area contributed by atoms with Gasteiger partial charge in [-0.25, -0.2) is 4.79 Å². The number of rotatable bonds is 6. The first-order valence-corrected chi connectivity index (χ1v) is 12.5. The number of ether oxygens (including phenoxy) is 1. The monoisotopic (exact) mass is 403 g/mol. The van der Waals surface area contributed by atoms with Gasteiger partial charge in [-0.2, -0.15) is 5.06 Å². The van der Waals surface area contributed by atoms with Crippen LogP contribution in [0.25, 0.3) is 0 Å². The lowest BCUT2D eigenvalue weighted by atomic mass is 9.89. The predicted octanol–water partition coefficient (Wildman–Crippen LogP) is 4.25. The van der Waals surface area contributed by atoms with Crippen LogP contribution in [-0.4, -0.2) is 55.6 Å². The lowest BCUT2D eigenvalue weighted by Gasteiger charge is -2.45. The maximum atomic E-state index is 12.7. The molecule has 0 aromatic carbocycles. The van der Waals surface area contributed by atoms with Crippen LogP contribution < -0.4 is 0 Å². The zero-order valence-electron chi connectivity index (χ0n) is 17.2. The van der Waals surface area contributed by atoms with Crippen LogP contribution in [0.1, 0.15) is 60.8 Å². The highest BCUT2D eigenvalue weighted by atomic mass is 35.5. The van der Waals surface area contributed by atoms with E-state index in [1.807, 2.05) is 5.06 Å². The molecule has 2 saturated heterocycles. The van der Waals surface area contributed by atoms with Gasteiger partial charge in [0.25, 0.3) is 0 Å². The van der Waals surface area contributed by atoms with E-state index in [9.17, 15) is 4.79 Å². The molecule has 0 unspecified atom stereocenters. The van der Waals surface area contributed by atoms with E-state index in [1.165, 1.54) is 7.11 Å². The van der Waals surface area contributed by atoms with Crippen molar-refractivity contribution in [3.8, 4) is 0 Å². The van der Waals surface area contributed by atoms with Crippen LogP contribution in [0.5, 0.6) is 0 Å². The summed E-state index contributed by atoms with van der Waals surface area (Å²) in [5.41, 5.74) is 0.844. The average molecular weight is 404 g/mol. The molecule has 0 amide bonds. The Morgan fingerprint density at radius 3 is 2.12 bits per heavy atom. The number of nitrogens with zero attached hydrogens (tertiary/aromatic N) is 1. The van der Waals surface area contributed by atoms with Gasteiger partial charge in [-0.1, -0.05) is 41.5 Å². The second kappa shape index (κ2) is 6.73. The number of carbonyl (C=O) groups is 1. The Labute approximate surface area is 163 Å². The zero-order chi connectivity index (χ0) is 19.5. The summed E-state index contributed by atoms with van der Waals surface area (Å²) in [7, 11) is -0.671. The summed E-state index contributed by atoms with van der Waals surface area (Å²) in [4.78, 5) is 17.8. The summed E-state index contributed by atoms with van der Waals surface area (Å²) in [6.07, 6.45) is 2.34. The molecule has 2 heterocycles. The number of hydrogen-bond acceptors (Lipinski definition) is 5. The van der Waals surface area contributed by atoms with Crippen molar-refractivity contribution in [2.75, 3.05) is 13.7 Å². The SMILES string of the molecule is COC(=O)[C@]1(Cl)[C@@H]2[C@@H](O[Si](C(C)C)(C(C)C)C(C)C)CCN2OC12CC2. The first-order chi connectivity index (χ1) is 12.1. The van der Waals surface area contributed by atoms with Crippen LogP contribution >= 0.6 is 11.6 Å². The second-order valence-electron chi connectivity index (χ2n) is 9.14. The smallest absolute Gasteiger partial charge is 0.331 e. The largest absolute Gasteiger partial charge is 0.468 e. The summed E-state index contributed by atoms with van der Waals surface area (Å²) < 4.78 is 12.2. The van der Waals surface area contributed by atoms with Gasteiger partial charge in [0.2, 0.25) is 8.32 Å².